The standard InChI is InChI=1S/C14H12FIN2O3/c1-8-13(16)14(20)18(7-17-8)6-11(19)9-3-4-12(21-2)10(15)5-9/h3-5,7H,6H2,1-2H3. The summed E-state index contributed by atoms with van der Waals surface area (Å²) < 4.78 is 20.0. The van der Waals surface area contributed by atoms with E-state index in [2.05, 4.69) is 4.98 Å². The second-order valence-corrected chi connectivity index (χ2v) is 5.43. The second-order valence-electron chi connectivity index (χ2n) is 4.35. The van der Waals surface area contributed by atoms with Crippen molar-refractivity contribution in [2.75, 3.05) is 7.11 Å². The molecule has 0 saturated heterocycles. The summed E-state index contributed by atoms with van der Waals surface area (Å²) in [4.78, 5) is 28.2. The van der Waals surface area contributed by atoms with Crippen LogP contribution in [0, 0.1) is 16.3 Å². The smallest absolute Gasteiger partial charge is 0.267 e. The van der Waals surface area contributed by atoms with Crippen molar-refractivity contribution in [3.8, 4) is 5.75 Å². The van der Waals surface area contributed by atoms with E-state index in [1.54, 1.807) is 6.92 Å². The second kappa shape index (κ2) is 6.33. The maximum atomic E-state index is 13.6. The Kier molecular flexibility index (Phi) is 4.71. The summed E-state index contributed by atoms with van der Waals surface area (Å²) in [5, 5.41) is 0. The number of rotatable bonds is 4. The van der Waals surface area contributed by atoms with Gasteiger partial charge in [0.2, 0.25) is 0 Å². The van der Waals surface area contributed by atoms with Crippen LogP contribution in [0.1, 0.15) is 16.1 Å². The van der Waals surface area contributed by atoms with Crippen molar-refractivity contribution in [2.24, 2.45) is 0 Å². The fourth-order valence-corrected chi connectivity index (χ4v) is 2.19. The minimum Gasteiger partial charge on any atom is -0.494 e. The third-order valence-corrected chi connectivity index (χ3v) is 4.19. The first kappa shape index (κ1) is 15.6. The summed E-state index contributed by atoms with van der Waals surface area (Å²) in [6, 6.07) is 3.93. The molecule has 5 nitrogen and oxygen atoms in total. The molecule has 0 bridgehead atoms. The molecule has 0 N–H and O–H groups in total. The summed E-state index contributed by atoms with van der Waals surface area (Å²) in [6.45, 7) is 1.53. The van der Waals surface area contributed by atoms with Gasteiger partial charge in [0.1, 0.15) is 0 Å². The first-order valence-electron chi connectivity index (χ1n) is 6.02. The lowest BCUT2D eigenvalue weighted by atomic mass is 10.1. The molecule has 110 valence electrons. The number of nitrogens with zero attached hydrogens (tertiary/aromatic N) is 2. The van der Waals surface area contributed by atoms with Gasteiger partial charge in [-0.25, -0.2) is 9.37 Å². The molecule has 0 saturated carbocycles. The number of aromatic nitrogens is 2. The lowest BCUT2D eigenvalue weighted by molar-refractivity contribution is 0.0969. The Balaban J connectivity index is 2.28. The summed E-state index contributed by atoms with van der Waals surface area (Å²) in [5.74, 6) is -0.928. The van der Waals surface area contributed by atoms with Gasteiger partial charge in [0.15, 0.2) is 17.3 Å². The van der Waals surface area contributed by atoms with Crippen LogP contribution in [-0.2, 0) is 6.54 Å². The molecule has 21 heavy (non-hydrogen) atoms. The molecule has 1 aromatic heterocycles. The lowest BCUT2D eigenvalue weighted by Gasteiger charge is -2.07. The van der Waals surface area contributed by atoms with Gasteiger partial charge >= 0.3 is 0 Å². The zero-order chi connectivity index (χ0) is 15.6. The van der Waals surface area contributed by atoms with Gasteiger partial charge in [0, 0.05) is 5.56 Å². The van der Waals surface area contributed by atoms with E-state index >= 15 is 0 Å². The Labute approximate surface area is 133 Å². The molecular formula is C14H12FIN2O3. The number of Topliss-reactive ketones (excluding diaryl/α,β-unsaturated/α-hetero) is 1. The number of hydrogen-bond acceptors (Lipinski definition) is 4. The van der Waals surface area contributed by atoms with Gasteiger partial charge in [-0.15, -0.1) is 0 Å². The van der Waals surface area contributed by atoms with E-state index in [4.69, 9.17) is 4.74 Å². The van der Waals surface area contributed by atoms with Crippen LogP contribution in [0.25, 0.3) is 0 Å². The molecule has 0 aliphatic carbocycles. The first-order chi connectivity index (χ1) is 9.93. The number of halogens is 2. The van der Waals surface area contributed by atoms with Crippen LogP contribution in [0.5, 0.6) is 5.75 Å². The zero-order valence-electron chi connectivity index (χ0n) is 11.4. The zero-order valence-corrected chi connectivity index (χ0v) is 13.5. The van der Waals surface area contributed by atoms with Crippen molar-refractivity contribution >= 4 is 28.4 Å². The van der Waals surface area contributed by atoms with Gasteiger partial charge in [0.05, 0.1) is 29.2 Å². The minimum atomic E-state index is -0.618. The van der Waals surface area contributed by atoms with Crippen molar-refractivity contribution in [1.82, 2.24) is 9.55 Å². The van der Waals surface area contributed by atoms with Crippen molar-refractivity contribution in [3.63, 3.8) is 0 Å². The van der Waals surface area contributed by atoms with E-state index < -0.39 is 5.82 Å². The van der Waals surface area contributed by atoms with E-state index in [0.29, 0.717) is 9.26 Å². The third-order valence-electron chi connectivity index (χ3n) is 2.94. The Morgan fingerprint density at radius 3 is 2.81 bits per heavy atom. The third kappa shape index (κ3) is 3.29. The first-order valence-corrected chi connectivity index (χ1v) is 7.10. The van der Waals surface area contributed by atoms with E-state index in [0.717, 1.165) is 6.07 Å². The molecular weight excluding hydrogens is 390 g/mol. The Hall–Kier alpha value is -1.77. The average molecular weight is 402 g/mol. The summed E-state index contributed by atoms with van der Waals surface area (Å²) in [6.07, 6.45) is 1.32. The van der Waals surface area contributed by atoms with Gasteiger partial charge in [-0.2, -0.15) is 0 Å². The minimum absolute atomic E-state index is 0.0651. The van der Waals surface area contributed by atoms with Crippen LogP contribution in [0.3, 0.4) is 0 Å². The van der Waals surface area contributed by atoms with Crippen LogP contribution in [0.2, 0.25) is 0 Å². The average Bonchev–Trinajstić information content (AvgIpc) is 2.47. The molecule has 0 fully saturated rings. The monoisotopic (exact) mass is 402 g/mol. The van der Waals surface area contributed by atoms with Crippen molar-refractivity contribution < 1.29 is 13.9 Å². The molecule has 0 atom stereocenters. The van der Waals surface area contributed by atoms with Gasteiger partial charge in [0.25, 0.3) is 5.56 Å². The van der Waals surface area contributed by atoms with E-state index in [1.807, 2.05) is 22.6 Å². The predicted molar refractivity (Wildman–Crippen MR) is 83.2 cm³/mol. The van der Waals surface area contributed by atoms with Crippen LogP contribution in [-0.4, -0.2) is 22.4 Å². The Morgan fingerprint density at radius 2 is 2.19 bits per heavy atom. The van der Waals surface area contributed by atoms with E-state index in [1.165, 1.54) is 30.1 Å². The largest absolute Gasteiger partial charge is 0.494 e. The number of benzene rings is 1. The highest BCUT2D eigenvalue weighted by atomic mass is 127. The number of methoxy groups -OCH3 is 1. The van der Waals surface area contributed by atoms with E-state index in [9.17, 15) is 14.0 Å². The number of hydrogen-bond donors (Lipinski definition) is 0. The molecule has 0 radical (unpaired) electrons. The molecule has 2 rings (SSSR count). The molecule has 0 unspecified atom stereocenters. The molecule has 0 amide bonds. The van der Waals surface area contributed by atoms with Crippen LogP contribution >= 0.6 is 22.6 Å². The molecule has 0 aliphatic rings. The Morgan fingerprint density at radius 1 is 1.48 bits per heavy atom. The fraction of sp³-hybridized carbons (Fsp3) is 0.214. The maximum Gasteiger partial charge on any atom is 0.267 e. The van der Waals surface area contributed by atoms with Crippen LogP contribution in [0.4, 0.5) is 4.39 Å². The SMILES string of the molecule is COc1ccc(C(=O)Cn2cnc(C)c(I)c2=O)cc1F. The number of ether oxygens (including phenoxy) is 1. The highest BCUT2D eigenvalue weighted by Gasteiger charge is 2.13. The highest BCUT2D eigenvalue weighted by molar-refractivity contribution is 14.1. The van der Waals surface area contributed by atoms with Gasteiger partial charge < -0.3 is 4.74 Å². The molecule has 1 heterocycles. The maximum absolute atomic E-state index is 13.6. The molecule has 0 aliphatic heterocycles. The number of carbonyl (C=O) groups is 1. The molecule has 0 spiro atoms. The quantitative estimate of drug-likeness (QED) is 0.581. The lowest BCUT2D eigenvalue weighted by Crippen LogP contribution is -2.27. The predicted octanol–water partition coefficient (Wildman–Crippen LogP) is 2.19. The summed E-state index contributed by atoms with van der Waals surface area (Å²) in [7, 11) is 1.35. The van der Waals surface area contributed by atoms with Crippen molar-refractivity contribution in [1.29, 1.82) is 0 Å². The fourth-order valence-electron chi connectivity index (χ4n) is 1.74. The van der Waals surface area contributed by atoms with Crippen LogP contribution < -0.4 is 10.3 Å². The van der Waals surface area contributed by atoms with Gasteiger partial charge in [-0.1, -0.05) is 0 Å². The van der Waals surface area contributed by atoms with E-state index in [-0.39, 0.29) is 29.2 Å². The van der Waals surface area contributed by atoms with Gasteiger partial charge in [-0.3, -0.25) is 14.2 Å². The van der Waals surface area contributed by atoms with Gasteiger partial charge in [-0.05, 0) is 47.7 Å². The topological polar surface area (TPSA) is 61.2 Å². The Bertz CT molecular complexity index is 758. The van der Waals surface area contributed by atoms with Crippen molar-refractivity contribution in [2.45, 2.75) is 13.5 Å². The normalized spacial score (nSPS) is 10.5. The number of carbonyl (C=O) groups excluding carboxylic acids is 1. The van der Waals surface area contributed by atoms with Crippen molar-refractivity contribution in [3.05, 3.63) is 55.5 Å². The highest BCUT2D eigenvalue weighted by Crippen LogP contribution is 2.18. The molecule has 1 aromatic carbocycles. The molecule has 7 heteroatoms. The number of ketones is 1. The number of aryl methyl sites for hydroxylation is 1. The summed E-state index contributed by atoms with van der Waals surface area (Å²) in [5.41, 5.74) is 0.501. The summed E-state index contributed by atoms with van der Waals surface area (Å²) >= 11 is 1.89. The molecule has 2 aromatic rings. The van der Waals surface area contributed by atoms with Crippen LogP contribution in [0.15, 0.2) is 29.3 Å².